The number of carbonyl (C=O) groups is 1. The lowest BCUT2D eigenvalue weighted by atomic mass is 10.0. The molecule has 4 aliphatic rings. The zero-order valence-corrected chi connectivity index (χ0v) is 9.79. The Bertz CT molecular complexity index is 384. The zero-order valence-electron chi connectivity index (χ0n) is 9.79. The second-order valence-corrected chi connectivity index (χ2v) is 5.45. The number of fused-ring (bicyclic) bond motifs is 4. The number of amides is 1. The molecular weight excluding hydrogens is 226 g/mol. The molecule has 17 heavy (non-hydrogen) atoms. The highest BCUT2D eigenvalue weighted by Gasteiger charge is 2.60. The Kier molecular flexibility index (Phi) is 1.81. The molecule has 4 rings (SSSR count). The van der Waals surface area contributed by atoms with Crippen LogP contribution in [0.1, 0.15) is 20.3 Å². The third-order valence-electron chi connectivity index (χ3n) is 3.80. The first-order valence-electron chi connectivity index (χ1n) is 5.99. The minimum atomic E-state index is -0.615. The van der Waals surface area contributed by atoms with Gasteiger partial charge in [0.25, 0.3) is 0 Å². The predicted octanol–water partition coefficient (Wildman–Crippen LogP) is -0.180. The van der Waals surface area contributed by atoms with Gasteiger partial charge >= 0.3 is 0 Å². The summed E-state index contributed by atoms with van der Waals surface area (Å²) in [6.07, 6.45) is -0.386. The van der Waals surface area contributed by atoms with Gasteiger partial charge in [-0.3, -0.25) is 4.79 Å². The summed E-state index contributed by atoms with van der Waals surface area (Å²) in [5, 5.41) is 0. The van der Waals surface area contributed by atoms with E-state index in [2.05, 4.69) is 0 Å². The molecule has 0 bridgehead atoms. The maximum Gasteiger partial charge on any atom is 0.229 e. The average molecular weight is 241 g/mol. The summed E-state index contributed by atoms with van der Waals surface area (Å²) in [5.74, 6) is -0.479. The Morgan fingerprint density at radius 1 is 1.24 bits per heavy atom. The highest BCUT2D eigenvalue weighted by molar-refractivity contribution is 5.82. The first kappa shape index (κ1) is 10.3. The first-order chi connectivity index (χ1) is 8.03. The van der Waals surface area contributed by atoms with Gasteiger partial charge in [0.1, 0.15) is 24.5 Å². The lowest BCUT2D eigenvalue weighted by Crippen LogP contribution is -2.64. The van der Waals surface area contributed by atoms with Gasteiger partial charge in [0.15, 0.2) is 12.1 Å². The Labute approximate surface area is 98.7 Å². The normalized spacial score (nSPS) is 50.6. The molecule has 6 nitrogen and oxygen atoms in total. The van der Waals surface area contributed by atoms with Crippen molar-refractivity contribution in [2.75, 3.05) is 6.54 Å². The molecule has 0 spiro atoms. The van der Waals surface area contributed by atoms with Crippen LogP contribution in [0.5, 0.6) is 0 Å². The zero-order chi connectivity index (χ0) is 11.8. The average Bonchev–Trinajstić information content (AvgIpc) is 2.68. The standard InChI is InChI=1S/C11H15NO5/c1-11(2)16-9-8-5(14-10(9)17-11)4-12-6(13)3-7(12)15-8/h5,7-10H,3-4H2,1-2H3/t5-,7+,8+,9-,10-/m1/s1. The highest BCUT2D eigenvalue weighted by atomic mass is 16.8. The third kappa shape index (κ3) is 1.32. The number of nitrogens with zero attached hydrogens (tertiary/aromatic N) is 1. The van der Waals surface area contributed by atoms with E-state index in [0.29, 0.717) is 13.0 Å². The second kappa shape index (κ2) is 3.00. The molecule has 0 N–H and O–H groups in total. The molecule has 0 aromatic rings. The van der Waals surface area contributed by atoms with Gasteiger partial charge < -0.3 is 23.8 Å². The van der Waals surface area contributed by atoms with Gasteiger partial charge in [-0.1, -0.05) is 0 Å². The Morgan fingerprint density at radius 3 is 2.82 bits per heavy atom. The molecule has 0 aromatic carbocycles. The van der Waals surface area contributed by atoms with Gasteiger partial charge in [-0.2, -0.15) is 0 Å². The number of carbonyl (C=O) groups excluding carboxylic acids is 1. The van der Waals surface area contributed by atoms with E-state index in [1.54, 1.807) is 4.90 Å². The van der Waals surface area contributed by atoms with E-state index in [1.807, 2.05) is 13.8 Å². The van der Waals surface area contributed by atoms with E-state index < -0.39 is 5.79 Å². The number of hydrogen-bond donors (Lipinski definition) is 0. The van der Waals surface area contributed by atoms with Crippen LogP contribution in [-0.2, 0) is 23.7 Å². The predicted molar refractivity (Wildman–Crippen MR) is 53.7 cm³/mol. The van der Waals surface area contributed by atoms with Crippen molar-refractivity contribution in [2.45, 2.75) is 56.9 Å². The maximum atomic E-state index is 11.3. The highest BCUT2D eigenvalue weighted by Crippen LogP contribution is 2.43. The molecule has 4 saturated heterocycles. The van der Waals surface area contributed by atoms with Gasteiger partial charge in [-0.15, -0.1) is 0 Å². The van der Waals surface area contributed by atoms with Crippen LogP contribution in [0.15, 0.2) is 0 Å². The van der Waals surface area contributed by atoms with Crippen LogP contribution in [0, 0.1) is 0 Å². The maximum absolute atomic E-state index is 11.3. The van der Waals surface area contributed by atoms with E-state index in [1.165, 1.54) is 0 Å². The van der Waals surface area contributed by atoms with Crippen LogP contribution < -0.4 is 0 Å². The second-order valence-electron chi connectivity index (χ2n) is 5.45. The van der Waals surface area contributed by atoms with Crippen LogP contribution in [0.4, 0.5) is 0 Å². The molecular formula is C11H15NO5. The van der Waals surface area contributed by atoms with Crippen molar-refractivity contribution in [1.82, 2.24) is 4.90 Å². The summed E-state index contributed by atoms with van der Waals surface area (Å²) in [6.45, 7) is 4.33. The number of ether oxygens (including phenoxy) is 4. The fraction of sp³-hybridized carbons (Fsp3) is 0.909. The smallest absolute Gasteiger partial charge is 0.229 e. The van der Waals surface area contributed by atoms with Crippen LogP contribution in [0.2, 0.25) is 0 Å². The number of β-lactam (4-membered cyclic amide) rings is 1. The Hall–Kier alpha value is -0.690. The van der Waals surface area contributed by atoms with Gasteiger partial charge in [-0.05, 0) is 13.8 Å². The minimum Gasteiger partial charge on any atom is -0.349 e. The topological polar surface area (TPSA) is 57.2 Å². The SMILES string of the molecule is CC1(C)O[C@H]2O[C@@H]3CN4C(=O)C[C@@H]4O[C@@H]3[C@H]2O1. The van der Waals surface area contributed by atoms with E-state index in [9.17, 15) is 4.79 Å². The monoisotopic (exact) mass is 241 g/mol. The van der Waals surface area contributed by atoms with Crippen molar-refractivity contribution in [3.63, 3.8) is 0 Å². The molecule has 0 aliphatic carbocycles. The summed E-state index contributed by atoms with van der Waals surface area (Å²) < 4.78 is 23.1. The van der Waals surface area contributed by atoms with Crippen molar-refractivity contribution in [1.29, 1.82) is 0 Å². The van der Waals surface area contributed by atoms with Crippen LogP contribution in [0.3, 0.4) is 0 Å². The molecule has 0 unspecified atom stereocenters. The lowest BCUT2D eigenvalue weighted by molar-refractivity contribution is -0.260. The molecule has 4 aliphatic heterocycles. The van der Waals surface area contributed by atoms with Crippen molar-refractivity contribution < 1.29 is 23.7 Å². The third-order valence-corrected chi connectivity index (χ3v) is 3.80. The van der Waals surface area contributed by atoms with Crippen molar-refractivity contribution >= 4 is 5.91 Å². The molecule has 0 aromatic heterocycles. The molecule has 1 amide bonds. The Morgan fingerprint density at radius 2 is 2.06 bits per heavy atom. The van der Waals surface area contributed by atoms with Crippen LogP contribution >= 0.6 is 0 Å². The summed E-state index contributed by atoms with van der Waals surface area (Å²) in [7, 11) is 0. The van der Waals surface area contributed by atoms with Gasteiger partial charge in [0.2, 0.25) is 5.91 Å². The molecule has 94 valence electrons. The van der Waals surface area contributed by atoms with Gasteiger partial charge in [0, 0.05) is 0 Å². The molecule has 0 radical (unpaired) electrons. The van der Waals surface area contributed by atoms with E-state index in [0.717, 1.165) is 0 Å². The number of hydrogen-bond acceptors (Lipinski definition) is 5. The van der Waals surface area contributed by atoms with Gasteiger partial charge in [-0.25, -0.2) is 0 Å². The van der Waals surface area contributed by atoms with Gasteiger partial charge in [0.05, 0.1) is 13.0 Å². The van der Waals surface area contributed by atoms with Crippen molar-refractivity contribution in [3.05, 3.63) is 0 Å². The quantitative estimate of drug-likeness (QED) is 0.551. The van der Waals surface area contributed by atoms with Crippen LogP contribution in [0.25, 0.3) is 0 Å². The summed E-state index contributed by atoms with van der Waals surface area (Å²) >= 11 is 0. The van der Waals surface area contributed by atoms with Crippen molar-refractivity contribution in [3.8, 4) is 0 Å². The van der Waals surface area contributed by atoms with E-state index >= 15 is 0 Å². The molecule has 6 heteroatoms. The molecule has 4 heterocycles. The fourth-order valence-corrected chi connectivity index (χ4v) is 3.00. The number of rotatable bonds is 0. The molecule has 0 saturated carbocycles. The summed E-state index contributed by atoms with van der Waals surface area (Å²) in [6, 6.07) is 0. The minimum absolute atomic E-state index is 0.0848. The molecule has 5 atom stereocenters. The summed E-state index contributed by atoms with van der Waals surface area (Å²) in [5.41, 5.74) is 0. The van der Waals surface area contributed by atoms with E-state index in [-0.39, 0.29) is 36.7 Å². The van der Waals surface area contributed by atoms with E-state index in [4.69, 9.17) is 18.9 Å². The fourth-order valence-electron chi connectivity index (χ4n) is 3.00. The lowest BCUT2D eigenvalue weighted by Gasteiger charge is -2.47. The first-order valence-corrected chi connectivity index (χ1v) is 5.99. The van der Waals surface area contributed by atoms with Crippen molar-refractivity contribution in [2.24, 2.45) is 0 Å². The largest absolute Gasteiger partial charge is 0.349 e. The Balaban J connectivity index is 1.55. The van der Waals surface area contributed by atoms with Crippen LogP contribution in [-0.4, -0.2) is 54.0 Å². The molecule has 4 fully saturated rings. The summed E-state index contributed by atoms with van der Waals surface area (Å²) in [4.78, 5) is 13.0.